The van der Waals surface area contributed by atoms with Crippen LogP contribution < -0.4 is 10.0 Å². The Labute approximate surface area is 159 Å². The van der Waals surface area contributed by atoms with Gasteiger partial charge in [-0.1, -0.05) is 29.3 Å². The molecule has 2 unspecified atom stereocenters. The fourth-order valence-corrected chi connectivity index (χ4v) is 4.81. The largest absolute Gasteiger partial charge is 0.348 e. The van der Waals surface area contributed by atoms with Crippen molar-refractivity contribution in [1.29, 1.82) is 0 Å². The van der Waals surface area contributed by atoms with Crippen LogP contribution in [0.5, 0.6) is 0 Å². The topological polar surface area (TPSA) is 75.3 Å². The van der Waals surface area contributed by atoms with E-state index in [0.29, 0.717) is 5.56 Å². The number of amides is 1. The molecule has 5 nitrogen and oxygen atoms in total. The molecule has 0 spiro atoms. The van der Waals surface area contributed by atoms with Crippen molar-refractivity contribution in [3.63, 3.8) is 0 Å². The average molecular weight is 425 g/mol. The van der Waals surface area contributed by atoms with E-state index in [1.165, 1.54) is 19.1 Å². The lowest BCUT2D eigenvalue weighted by atomic mass is 10.1. The second-order valence-corrected chi connectivity index (χ2v) is 9.00. The summed E-state index contributed by atoms with van der Waals surface area (Å²) >= 11 is 12.7. The highest BCUT2D eigenvalue weighted by molar-refractivity contribution is 7.91. The number of carbonyl (C=O) groups excluding carboxylic acids is 1. The SMILES string of the molecule is CC(NS(=O)(=O)c1cccs1)C(=O)NC(C)c1cc(F)c(Cl)cc1Cl. The highest BCUT2D eigenvalue weighted by Gasteiger charge is 2.24. The number of sulfonamides is 1. The lowest BCUT2D eigenvalue weighted by Crippen LogP contribution is -2.45. The van der Waals surface area contributed by atoms with Crippen LogP contribution in [0.3, 0.4) is 0 Å². The molecule has 136 valence electrons. The maximum Gasteiger partial charge on any atom is 0.250 e. The Morgan fingerprint density at radius 1 is 1.24 bits per heavy atom. The molecule has 2 rings (SSSR count). The van der Waals surface area contributed by atoms with Gasteiger partial charge >= 0.3 is 0 Å². The normalized spacial score (nSPS) is 14.1. The first-order valence-electron chi connectivity index (χ1n) is 7.12. The summed E-state index contributed by atoms with van der Waals surface area (Å²) in [5.41, 5.74) is 0.338. The van der Waals surface area contributed by atoms with Crippen molar-refractivity contribution in [2.75, 3.05) is 0 Å². The molecule has 10 heteroatoms. The number of hydrogen-bond donors (Lipinski definition) is 2. The summed E-state index contributed by atoms with van der Waals surface area (Å²) in [6.07, 6.45) is 0. The van der Waals surface area contributed by atoms with Crippen LogP contribution in [-0.2, 0) is 14.8 Å². The van der Waals surface area contributed by atoms with E-state index < -0.39 is 33.8 Å². The van der Waals surface area contributed by atoms with Gasteiger partial charge in [0.2, 0.25) is 5.91 Å². The van der Waals surface area contributed by atoms with E-state index >= 15 is 0 Å². The third-order valence-corrected chi connectivity index (χ3v) is 6.91. The molecule has 2 atom stereocenters. The summed E-state index contributed by atoms with van der Waals surface area (Å²) < 4.78 is 40.3. The van der Waals surface area contributed by atoms with Gasteiger partial charge in [-0.05, 0) is 43.0 Å². The van der Waals surface area contributed by atoms with Crippen molar-refractivity contribution in [3.05, 3.63) is 51.1 Å². The molecule has 0 fully saturated rings. The van der Waals surface area contributed by atoms with Gasteiger partial charge in [0, 0.05) is 5.02 Å². The van der Waals surface area contributed by atoms with Crippen LogP contribution in [0.4, 0.5) is 4.39 Å². The van der Waals surface area contributed by atoms with E-state index in [1.807, 2.05) is 0 Å². The maximum atomic E-state index is 13.6. The number of carbonyl (C=O) groups is 1. The maximum absolute atomic E-state index is 13.6. The van der Waals surface area contributed by atoms with Crippen molar-refractivity contribution in [2.45, 2.75) is 30.1 Å². The van der Waals surface area contributed by atoms with Gasteiger partial charge in [-0.3, -0.25) is 4.79 Å². The monoisotopic (exact) mass is 424 g/mol. The van der Waals surface area contributed by atoms with E-state index in [1.54, 1.807) is 18.4 Å². The number of hydrogen-bond acceptors (Lipinski definition) is 4. The van der Waals surface area contributed by atoms with Crippen LogP contribution in [0.15, 0.2) is 33.9 Å². The number of nitrogens with one attached hydrogen (secondary N) is 2. The molecule has 25 heavy (non-hydrogen) atoms. The molecule has 1 amide bonds. The van der Waals surface area contributed by atoms with Crippen LogP contribution in [0.25, 0.3) is 0 Å². The molecule has 0 aliphatic heterocycles. The number of rotatable bonds is 6. The van der Waals surface area contributed by atoms with Crippen LogP contribution in [0, 0.1) is 5.82 Å². The van der Waals surface area contributed by atoms with Crippen molar-refractivity contribution in [3.8, 4) is 0 Å². The molecule has 1 heterocycles. The minimum Gasteiger partial charge on any atom is -0.348 e. The van der Waals surface area contributed by atoms with Gasteiger partial charge in [0.15, 0.2) is 0 Å². The van der Waals surface area contributed by atoms with Crippen molar-refractivity contribution in [1.82, 2.24) is 10.0 Å². The van der Waals surface area contributed by atoms with Crippen LogP contribution in [0.2, 0.25) is 10.0 Å². The number of thiophene rings is 1. The average Bonchev–Trinajstić information content (AvgIpc) is 3.05. The Morgan fingerprint density at radius 3 is 2.52 bits per heavy atom. The van der Waals surface area contributed by atoms with Gasteiger partial charge in [0.1, 0.15) is 10.0 Å². The minimum atomic E-state index is -3.78. The molecule has 2 aromatic rings. The summed E-state index contributed by atoms with van der Waals surface area (Å²) in [4.78, 5) is 12.2. The van der Waals surface area contributed by atoms with Gasteiger partial charge < -0.3 is 5.32 Å². The van der Waals surface area contributed by atoms with Gasteiger partial charge in [0.05, 0.1) is 17.1 Å². The minimum absolute atomic E-state index is 0.114. The van der Waals surface area contributed by atoms with Crippen LogP contribution in [0.1, 0.15) is 25.5 Å². The molecule has 0 saturated heterocycles. The summed E-state index contributed by atoms with van der Waals surface area (Å²) in [5, 5.41) is 4.30. The van der Waals surface area contributed by atoms with Crippen molar-refractivity contribution < 1.29 is 17.6 Å². The third-order valence-electron chi connectivity index (χ3n) is 3.35. The first-order chi connectivity index (χ1) is 11.6. The van der Waals surface area contributed by atoms with Crippen molar-refractivity contribution >= 4 is 50.5 Å². The highest BCUT2D eigenvalue weighted by atomic mass is 35.5. The molecule has 1 aromatic carbocycles. The van der Waals surface area contributed by atoms with E-state index in [2.05, 4.69) is 10.0 Å². The Hall–Kier alpha value is -1.19. The van der Waals surface area contributed by atoms with Gasteiger partial charge in [-0.2, -0.15) is 4.72 Å². The Balaban J connectivity index is 2.07. The van der Waals surface area contributed by atoms with Gasteiger partial charge in [-0.15, -0.1) is 11.3 Å². The summed E-state index contributed by atoms with van der Waals surface area (Å²) in [5.74, 6) is -1.23. The van der Waals surface area contributed by atoms with E-state index in [4.69, 9.17) is 23.2 Å². The zero-order valence-corrected chi connectivity index (χ0v) is 16.4. The molecule has 1 aromatic heterocycles. The fourth-order valence-electron chi connectivity index (χ4n) is 2.05. The number of benzene rings is 1. The Morgan fingerprint density at radius 2 is 1.92 bits per heavy atom. The van der Waals surface area contributed by atoms with Crippen LogP contribution >= 0.6 is 34.5 Å². The molecular formula is C15H15Cl2FN2O3S2. The van der Waals surface area contributed by atoms with E-state index in [-0.39, 0.29) is 14.3 Å². The smallest absolute Gasteiger partial charge is 0.250 e. The zero-order valence-electron chi connectivity index (χ0n) is 13.2. The fraction of sp³-hybridized carbons (Fsp3) is 0.267. The Bertz CT molecular complexity index is 873. The van der Waals surface area contributed by atoms with E-state index in [9.17, 15) is 17.6 Å². The summed E-state index contributed by atoms with van der Waals surface area (Å²) in [6, 6.07) is 3.76. The molecule has 0 radical (unpaired) electrons. The summed E-state index contributed by atoms with van der Waals surface area (Å²) in [7, 11) is -3.78. The Kier molecular flexibility index (Phi) is 6.45. The molecular weight excluding hydrogens is 410 g/mol. The van der Waals surface area contributed by atoms with Gasteiger partial charge in [0.25, 0.3) is 10.0 Å². The summed E-state index contributed by atoms with van der Waals surface area (Å²) in [6.45, 7) is 3.02. The van der Waals surface area contributed by atoms with Crippen LogP contribution in [-0.4, -0.2) is 20.4 Å². The zero-order chi connectivity index (χ0) is 18.8. The third kappa shape index (κ3) is 4.92. The molecule has 2 N–H and O–H groups in total. The molecule has 0 bridgehead atoms. The first kappa shape index (κ1) is 20.1. The molecule has 0 saturated carbocycles. The number of halogens is 3. The van der Waals surface area contributed by atoms with E-state index in [0.717, 1.165) is 17.4 Å². The molecule has 0 aliphatic carbocycles. The highest BCUT2D eigenvalue weighted by Crippen LogP contribution is 2.28. The lowest BCUT2D eigenvalue weighted by Gasteiger charge is -2.19. The van der Waals surface area contributed by atoms with Crippen molar-refractivity contribution in [2.24, 2.45) is 0 Å². The lowest BCUT2D eigenvalue weighted by molar-refractivity contribution is -0.123. The second-order valence-electron chi connectivity index (χ2n) is 5.29. The predicted octanol–water partition coefficient (Wildman–Crippen LogP) is 3.74. The quantitative estimate of drug-likeness (QED) is 0.693. The molecule has 0 aliphatic rings. The first-order valence-corrected chi connectivity index (χ1v) is 10.2. The second kappa shape index (κ2) is 8.01. The van der Waals surface area contributed by atoms with Gasteiger partial charge in [-0.25, -0.2) is 12.8 Å². The standard InChI is InChI=1S/C15H15Cl2FN2O3S2/c1-8(10-6-13(18)12(17)7-11(10)16)19-15(21)9(2)20-25(22,23)14-4-3-5-24-14/h3-9,20H,1-2H3,(H,19,21). The predicted molar refractivity (Wildman–Crippen MR) is 97.1 cm³/mol.